The summed E-state index contributed by atoms with van der Waals surface area (Å²) >= 11 is 1.26. The highest BCUT2D eigenvalue weighted by atomic mass is 32.2. The maximum absolute atomic E-state index is 12.6. The normalized spacial score (nSPS) is 10.5. The molecule has 1 heterocycles. The zero-order chi connectivity index (χ0) is 20.1. The number of aromatic nitrogens is 2. The van der Waals surface area contributed by atoms with E-state index in [1.807, 2.05) is 30.3 Å². The molecular weight excluding hydrogens is 380 g/mol. The van der Waals surface area contributed by atoms with Crippen LogP contribution in [0.15, 0.2) is 70.6 Å². The van der Waals surface area contributed by atoms with Crippen molar-refractivity contribution in [2.75, 3.05) is 11.6 Å². The molecule has 0 atom stereocenters. The highest BCUT2D eigenvalue weighted by Crippen LogP contribution is 2.20. The van der Waals surface area contributed by atoms with Gasteiger partial charge in [0.15, 0.2) is 5.16 Å². The van der Waals surface area contributed by atoms with E-state index in [9.17, 15) is 19.7 Å². The lowest BCUT2D eigenvalue weighted by Gasteiger charge is -2.12. The minimum absolute atomic E-state index is 0.131. The molecule has 0 bridgehead atoms. The second-order valence-corrected chi connectivity index (χ2v) is 6.55. The number of anilines is 1. The van der Waals surface area contributed by atoms with E-state index in [1.165, 1.54) is 40.6 Å². The summed E-state index contributed by atoms with van der Waals surface area (Å²) in [7, 11) is 0. The van der Waals surface area contributed by atoms with E-state index in [2.05, 4.69) is 10.3 Å². The van der Waals surface area contributed by atoms with Crippen molar-refractivity contribution in [2.24, 2.45) is 0 Å². The summed E-state index contributed by atoms with van der Waals surface area (Å²) in [5.41, 5.74) is 1.14. The van der Waals surface area contributed by atoms with Gasteiger partial charge in [-0.05, 0) is 12.3 Å². The topological polar surface area (TPSA) is 107 Å². The molecule has 2 aromatic carbocycles. The summed E-state index contributed by atoms with van der Waals surface area (Å²) in [6.45, 7) is -0.250. The summed E-state index contributed by atoms with van der Waals surface area (Å²) in [4.78, 5) is 39.7. The number of rotatable bonds is 6. The van der Waals surface area contributed by atoms with E-state index < -0.39 is 10.8 Å². The number of hydrogen-bond acceptors (Lipinski definition) is 6. The Kier molecular flexibility index (Phi) is 5.85. The molecule has 1 amide bonds. The Hall–Kier alpha value is -3.46. The number of thioether (sulfide) groups is 1. The number of nitrogens with zero attached hydrogens (tertiary/aromatic N) is 3. The van der Waals surface area contributed by atoms with E-state index in [-0.39, 0.29) is 23.5 Å². The number of nitro benzene ring substituents is 1. The molecule has 142 valence electrons. The second kappa shape index (κ2) is 8.49. The highest BCUT2D eigenvalue weighted by Gasteiger charge is 2.14. The van der Waals surface area contributed by atoms with Gasteiger partial charge in [-0.2, -0.15) is 0 Å². The lowest BCUT2D eigenvalue weighted by Crippen LogP contribution is -2.29. The van der Waals surface area contributed by atoms with Crippen LogP contribution in [0.4, 0.5) is 11.4 Å². The van der Waals surface area contributed by atoms with Crippen LogP contribution in [-0.4, -0.2) is 26.6 Å². The standard InChI is InChI=1S/C19H16N4O4S/c1-28-19-21-16(13-6-3-2-4-7-13)11-18(25)22(19)12-17(24)20-14-8-5-9-15(10-14)23(26)27/h2-11H,12H2,1H3,(H,20,24). The molecule has 0 aliphatic carbocycles. The zero-order valence-electron chi connectivity index (χ0n) is 14.9. The van der Waals surface area contributed by atoms with E-state index in [1.54, 1.807) is 12.3 Å². The molecule has 0 unspecified atom stereocenters. The van der Waals surface area contributed by atoms with Gasteiger partial charge in [-0.25, -0.2) is 4.98 Å². The minimum Gasteiger partial charge on any atom is -0.324 e. The third-order valence-electron chi connectivity index (χ3n) is 3.87. The number of nitro groups is 1. The lowest BCUT2D eigenvalue weighted by molar-refractivity contribution is -0.384. The second-order valence-electron chi connectivity index (χ2n) is 5.77. The maximum Gasteiger partial charge on any atom is 0.271 e. The number of amides is 1. The van der Waals surface area contributed by atoms with Gasteiger partial charge in [-0.15, -0.1) is 0 Å². The minimum atomic E-state index is -0.543. The molecule has 3 rings (SSSR count). The van der Waals surface area contributed by atoms with Crippen molar-refractivity contribution in [1.29, 1.82) is 0 Å². The third-order valence-corrected chi connectivity index (χ3v) is 4.54. The first-order chi connectivity index (χ1) is 13.5. The molecule has 0 aliphatic rings. The molecule has 0 fully saturated rings. The fourth-order valence-electron chi connectivity index (χ4n) is 2.58. The molecule has 8 nitrogen and oxygen atoms in total. The predicted octanol–water partition coefficient (Wildman–Crippen LogP) is 3.18. The number of benzene rings is 2. The maximum atomic E-state index is 12.6. The monoisotopic (exact) mass is 396 g/mol. The van der Waals surface area contributed by atoms with Crippen molar-refractivity contribution in [1.82, 2.24) is 9.55 Å². The van der Waals surface area contributed by atoms with Crippen molar-refractivity contribution in [2.45, 2.75) is 11.7 Å². The quantitative estimate of drug-likeness (QED) is 0.297. The Morgan fingerprint density at radius 3 is 2.61 bits per heavy atom. The molecule has 0 radical (unpaired) electrons. The number of carbonyl (C=O) groups excluding carboxylic acids is 1. The Morgan fingerprint density at radius 1 is 1.18 bits per heavy atom. The van der Waals surface area contributed by atoms with Gasteiger partial charge in [-0.1, -0.05) is 48.2 Å². The van der Waals surface area contributed by atoms with Gasteiger partial charge in [0.2, 0.25) is 5.91 Å². The number of nitrogens with one attached hydrogen (secondary N) is 1. The first-order valence-corrected chi connectivity index (χ1v) is 9.46. The van der Waals surface area contributed by atoms with E-state index in [0.29, 0.717) is 10.9 Å². The SMILES string of the molecule is CSc1nc(-c2ccccc2)cc(=O)n1CC(=O)Nc1cccc([N+](=O)[O-])c1. The van der Waals surface area contributed by atoms with Crippen LogP contribution < -0.4 is 10.9 Å². The van der Waals surface area contributed by atoms with Crippen molar-refractivity contribution in [3.8, 4) is 11.3 Å². The smallest absolute Gasteiger partial charge is 0.271 e. The van der Waals surface area contributed by atoms with Gasteiger partial charge in [0.25, 0.3) is 11.2 Å². The van der Waals surface area contributed by atoms with Crippen molar-refractivity contribution in [3.63, 3.8) is 0 Å². The fraction of sp³-hybridized carbons (Fsp3) is 0.105. The molecule has 0 saturated carbocycles. The van der Waals surface area contributed by atoms with Crippen LogP contribution in [0.3, 0.4) is 0 Å². The molecule has 1 aromatic heterocycles. The van der Waals surface area contributed by atoms with E-state index in [0.717, 1.165) is 5.56 Å². The van der Waals surface area contributed by atoms with Crippen LogP contribution in [0.5, 0.6) is 0 Å². The molecule has 0 saturated heterocycles. The summed E-state index contributed by atoms with van der Waals surface area (Å²) in [5, 5.41) is 13.8. The van der Waals surface area contributed by atoms with Crippen LogP contribution in [0.1, 0.15) is 0 Å². The van der Waals surface area contributed by atoms with Gasteiger partial charge < -0.3 is 5.32 Å². The average molecular weight is 396 g/mol. The molecule has 0 aliphatic heterocycles. The molecule has 3 aromatic rings. The fourth-order valence-corrected chi connectivity index (χ4v) is 3.15. The van der Waals surface area contributed by atoms with Crippen LogP contribution >= 0.6 is 11.8 Å². The van der Waals surface area contributed by atoms with E-state index in [4.69, 9.17) is 0 Å². The summed E-state index contributed by atoms with van der Waals surface area (Å²) in [6, 6.07) is 16.3. The lowest BCUT2D eigenvalue weighted by atomic mass is 10.1. The molecule has 9 heteroatoms. The first kappa shape index (κ1) is 19.3. The number of carbonyl (C=O) groups is 1. The van der Waals surface area contributed by atoms with Crippen molar-refractivity contribution in [3.05, 3.63) is 81.1 Å². The summed E-state index contributed by atoms with van der Waals surface area (Å²) in [6.07, 6.45) is 1.77. The first-order valence-electron chi connectivity index (χ1n) is 8.23. The van der Waals surface area contributed by atoms with Crippen LogP contribution in [0.25, 0.3) is 11.3 Å². The number of hydrogen-bond donors (Lipinski definition) is 1. The Bertz CT molecular complexity index is 1080. The van der Waals surface area contributed by atoms with E-state index >= 15 is 0 Å². The zero-order valence-corrected chi connectivity index (χ0v) is 15.7. The van der Waals surface area contributed by atoms with Gasteiger partial charge in [0, 0.05) is 29.4 Å². The van der Waals surface area contributed by atoms with Crippen molar-refractivity contribution >= 4 is 29.0 Å². The van der Waals surface area contributed by atoms with Gasteiger partial charge in [-0.3, -0.25) is 24.3 Å². The van der Waals surface area contributed by atoms with Crippen molar-refractivity contribution < 1.29 is 9.72 Å². The average Bonchev–Trinajstić information content (AvgIpc) is 2.70. The van der Waals surface area contributed by atoms with Crippen LogP contribution in [0, 0.1) is 10.1 Å². The Morgan fingerprint density at radius 2 is 1.93 bits per heavy atom. The number of non-ortho nitro benzene ring substituents is 1. The van der Waals surface area contributed by atoms with Gasteiger partial charge >= 0.3 is 0 Å². The Labute approximate surface area is 164 Å². The van der Waals surface area contributed by atoms with Gasteiger partial charge in [0.05, 0.1) is 10.6 Å². The molecule has 28 heavy (non-hydrogen) atoms. The highest BCUT2D eigenvalue weighted by molar-refractivity contribution is 7.98. The molecule has 0 spiro atoms. The van der Waals surface area contributed by atoms with Crippen LogP contribution in [-0.2, 0) is 11.3 Å². The summed E-state index contributed by atoms with van der Waals surface area (Å²) < 4.78 is 1.27. The van der Waals surface area contributed by atoms with Crippen LogP contribution in [0.2, 0.25) is 0 Å². The molecular formula is C19H16N4O4S. The third kappa shape index (κ3) is 4.44. The van der Waals surface area contributed by atoms with Gasteiger partial charge in [0.1, 0.15) is 6.54 Å². The molecule has 1 N–H and O–H groups in total. The predicted molar refractivity (Wildman–Crippen MR) is 107 cm³/mol. The Balaban J connectivity index is 1.84. The largest absolute Gasteiger partial charge is 0.324 e. The summed E-state index contributed by atoms with van der Waals surface area (Å²) in [5.74, 6) is -0.479.